The van der Waals surface area contributed by atoms with Gasteiger partial charge >= 0.3 is 0 Å². The minimum absolute atomic E-state index is 0.146. The minimum atomic E-state index is -0.602. The Bertz CT molecular complexity index is 972. The molecule has 2 aromatic heterocycles. The van der Waals surface area contributed by atoms with Gasteiger partial charge in [-0.2, -0.15) is 0 Å². The van der Waals surface area contributed by atoms with Crippen LogP contribution in [-0.4, -0.2) is 37.4 Å². The number of aromatic nitrogens is 4. The van der Waals surface area contributed by atoms with Crippen LogP contribution in [0.1, 0.15) is 5.69 Å². The van der Waals surface area contributed by atoms with Crippen molar-refractivity contribution in [1.29, 1.82) is 0 Å². The van der Waals surface area contributed by atoms with Crippen molar-refractivity contribution in [1.82, 2.24) is 19.6 Å². The van der Waals surface area contributed by atoms with E-state index >= 15 is 0 Å². The van der Waals surface area contributed by atoms with Crippen LogP contribution in [0.5, 0.6) is 11.5 Å². The second kappa shape index (κ2) is 3.85. The Balaban J connectivity index is 2.07. The van der Waals surface area contributed by atoms with Crippen LogP contribution in [0.2, 0.25) is 0 Å². The first-order chi connectivity index (χ1) is 10.2. The third-order valence-corrected chi connectivity index (χ3v) is 3.12. The number of hydrogen-bond acceptors (Lipinski definition) is 7. The number of nitrogens with zero attached hydrogens (tertiary/aromatic N) is 4. The van der Waals surface area contributed by atoms with Gasteiger partial charge in [-0.1, -0.05) is 5.16 Å². The van der Waals surface area contributed by atoms with Gasteiger partial charge in [0.05, 0.1) is 11.0 Å². The summed E-state index contributed by atoms with van der Waals surface area (Å²) >= 11 is 0. The van der Waals surface area contributed by atoms with Crippen molar-refractivity contribution in [3.63, 3.8) is 0 Å². The number of aromatic amines is 1. The Hall–Kier alpha value is -3.30. The van der Waals surface area contributed by atoms with E-state index in [0.717, 1.165) is 0 Å². The molecule has 0 unspecified atom stereocenters. The maximum absolute atomic E-state index is 11.9. The molecule has 106 valence electrons. The highest BCUT2D eigenvalue weighted by Gasteiger charge is 2.19. The molecule has 21 heavy (non-hydrogen) atoms. The topological polar surface area (TPSA) is 140 Å². The molecule has 1 aliphatic rings. The third-order valence-electron chi connectivity index (χ3n) is 3.12. The molecule has 0 radical (unpaired) electrons. The summed E-state index contributed by atoms with van der Waals surface area (Å²) in [5.41, 5.74) is 5.76. The van der Waals surface area contributed by atoms with Crippen molar-refractivity contribution in [2.75, 3.05) is 6.79 Å². The number of benzene rings is 1. The van der Waals surface area contributed by atoms with Crippen LogP contribution in [0.4, 0.5) is 0 Å². The van der Waals surface area contributed by atoms with E-state index in [-0.39, 0.29) is 24.1 Å². The molecule has 0 saturated heterocycles. The van der Waals surface area contributed by atoms with Crippen LogP contribution in [0, 0.1) is 0 Å². The molecule has 10 heteroatoms. The van der Waals surface area contributed by atoms with Crippen LogP contribution in [0.3, 0.4) is 0 Å². The summed E-state index contributed by atoms with van der Waals surface area (Å²) in [5, 5.41) is 14.0. The van der Waals surface area contributed by atoms with Crippen LogP contribution in [-0.2, 0) is 0 Å². The lowest BCUT2D eigenvalue weighted by Crippen LogP contribution is -2.28. The largest absolute Gasteiger partial charge is 0.454 e. The zero-order valence-corrected chi connectivity index (χ0v) is 10.4. The van der Waals surface area contributed by atoms with Gasteiger partial charge in [-0.05, 0) is 0 Å². The second-order valence-electron chi connectivity index (χ2n) is 4.33. The van der Waals surface area contributed by atoms with Crippen molar-refractivity contribution in [3.05, 3.63) is 28.2 Å². The molecule has 0 spiro atoms. The van der Waals surface area contributed by atoms with Crippen molar-refractivity contribution in [3.8, 4) is 11.5 Å². The first-order valence-electron chi connectivity index (χ1n) is 5.87. The number of oxime groups is 1. The van der Waals surface area contributed by atoms with E-state index in [9.17, 15) is 4.79 Å². The minimum Gasteiger partial charge on any atom is -0.454 e. The number of H-pyrrole nitrogens is 1. The third kappa shape index (κ3) is 1.52. The SMILES string of the molecule is N/C(=N\O)c1nc2nc3cc4c(cc3n2[nH]c1=O)OCO4. The van der Waals surface area contributed by atoms with Crippen LogP contribution in [0.15, 0.2) is 22.1 Å². The standard InChI is InChI=1S/C11H8N6O4/c12-9(16-19)8-10(18)15-17-5-2-7-6(20-3-21-7)1-4(5)13-11(17)14-8/h1-2,19H,3H2,(H2,12,16)(H,15,18). The molecule has 3 aromatic rings. The average Bonchev–Trinajstić information content (AvgIpc) is 3.06. The fourth-order valence-electron chi connectivity index (χ4n) is 2.17. The predicted octanol–water partition coefficient (Wildman–Crippen LogP) is -0.606. The van der Waals surface area contributed by atoms with Gasteiger partial charge in [0.25, 0.3) is 11.3 Å². The van der Waals surface area contributed by atoms with E-state index < -0.39 is 5.56 Å². The van der Waals surface area contributed by atoms with E-state index in [0.29, 0.717) is 22.5 Å². The summed E-state index contributed by atoms with van der Waals surface area (Å²) in [6.45, 7) is 0.146. The van der Waals surface area contributed by atoms with Crippen LogP contribution < -0.4 is 20.8 Å². The molecule has 0 aliphatic carbocycles. The van der Waals surface area contributed by atoms with E-state index in [2.05, 4.69) is 20.2 Å². The summed E-state index contributed by atoms with van der Waals surface area (Å²) in [7, 11) is 0. The predicted molar refractivity (Wildman–Crippen MR) is 69.7 cm³/mol. The lowest BCUT2D eigenvalue weighted by atomic mass is 10.3. The Labute approximate surface area is 115 Å². The number of fused-ring (bicyclic) bond motifs is 4. The maximum atomic E-state index is 11.9. The number of nitrogens with one attached hydrogen (secondary N) is 1. The molecule has 0 fully saturated rings. The highest BCUT2D eigenvalue weighted by molar-refractivity contribution is 5.95. The fraction of sp³-hybridized carbons (Fsp3) is 0.0909. The first-order valence-corrected chi connectivity index (χ1v) is 5.87. The van der Waals surface area contributed by atoms with E-state index in [1.807, 2.05) is 0 Å². The number of nitrogens with two attached hydrogens (primary N) is 1. The van der Waals surface area contributed by atoms with E-state index in [4.69, 9.17) is 20.4 Å². The number of amidine groups is 1. The van der Waals surface area contributed by atoms with E-state index in [1.54, 1.807) is 12.1 Å². The van der Waals surface area contributed by atoms with Crippen LogP contribution >= 0.6 is 0 Å². The Morgan fingerprint density at radius 2 is 2.14 bits per heavy atom. The molecule has 1 aliphatic heterocycles. The molecule has 0 bridgehead atoms. The number of hydrogen-bond donors (Lipinski definition) is 3. The molecular weight excluding hydrogens is 280 g/mol. The Morgan fingerprint density at radius 3 is 2.90 bits per heavy atom. The molecule has 4 rings (SSSR count). The number of imidazole rings is 1. The fourth-order valence-corrected chi connectivity index (χ4v) is 2.17. The summed E-state index contributed by atoms with van der Waals surface area (Å²) in [4.78, 5) is 20.2. The van der Waals surface area contributed by atoms with Crippen molar-refractivity contribution in [2.45, 2.75) is 0 Å². The summed E-state index contributed by atoms with van der Waals surface area (Å²) in [6, 6.07) is 3.38. The molecule has 3 heterocycles. The molecule has 10 nitrogen and oxygen atoms in total. The van der Waals surface area contributed by atoms with Crippen molar-refractivity contribution in [2.24, 2.45) is 10.9 Å². The quantitative estimate of drug-likeness (QED) is 0.235. The van der Waals surface area contributed by atoms with Gasteiger partial charge in [0.2, 0.25) is 6.79 Å². The van der Waals surface area contributed by atoms with Gasteiger partial charge < -0.3 is 20.4 Å². The van der Waals surface area contributed by atoms with Gasteiger partial charge in [-0.15, -0.1) is 0 Å². The lowest BCUT2D eigenvalue weighted by molar-refractivity contribution is 0.174. The summed E-state index contributed by atoms with van der Waals surface area (Å²) in [6.07, 6.45) is 0. The van der Waals surface area contributed by atoms with Crippen molar-refractivity contribution >= 4 is 22.6 Å². The first kappa shape index (κ1) is 11.5. The maximum Gasteiger partial charge on any atom is 0.292 e. The molecular formula is C11H8N6O4. The van der Waals surface area contributed by atoms with E-state index in [1.165, 1.54) is 4.52 Å². The van der Waals surface area contributed by atoms with Gasteiger partial charge in [0.1, 0.15) is 0 Å². The monoisotopic (exact) mass is 288 g/mol. The van der Waals surface area contributed by atoms with Crippen molar-refractivity contribution < 1.29 is 14.7 Å². The molecule has 0 atom stereocenters. The van der Waals surface area contributed by atoms with Gasteiger partial charge in [0, 0.05) is 12.1 Å². The smallest absolute Gasteiger partial charge is 0.292 e. The lowest BCUT2D eigenvalue weighted by Gasteiger charge is -1.99. The normalized spacial score (nSPS) is 14.2. The van der Waals surface area contributed by atoms with Gasteiger partial charge in [-0.25, -0.2) is 14.5 Å². The zero-order chi connectivity index (χ0) is 14.6. The second-order valence-corrected chi connectivity index (χ2v) is 4.33. The summed E-state index contributed by atoms with van der Waals surface area (Å²) in [5.74, 6) is 0.949. The number of ether oxygens (including phenoxy) is 2. The van der Waals surface area contributed by atoms with Gasteiger partial charge in [-0.3, -0.25) is 9.89 Å². The molecule has 1 aromatic carbocycles. The average molecular weight is 288 g/mol. The van der Waals surface area contributed by atoms with Crippen LogP contribution in [0.25, 0.3) is 16.8 Å². The summed E-state index contributed by atoms with van der Waals surface area (Å²) < 4.78 is 12.0. The molecule has 4 N–H and O–H groups in total. The Kier molecular flexibility index (Phi) is 2.11. The zero-order valence-electron chi connectivity index (χ0n) is 10.4. The number of rotatable bonds is 1. The molecule has 0 amide bonds. The molecule has 0 saturated carbocycles. The van der Waals surface area contributed by atoms with Gasteiger partial charge in [0.15, 0.2) is 23.0 Å². The Morgan fingerprint density at radius 1 is 1.38 bits per heavy atom. The highest BCUT2D eigenvalue weighted by Crippen LogP contribution is 2.35. The highest BCUT2D eigenvalue weighted by atomic mass is 16.7.